The maximum Gasteiger partial charge on any atom is 0.123 e. The third-order valence-electron chi connectivity index (χ3n) is 2.35. The number of phenols is 1. The zero-order valence-corrected chi connectivity index (χ0v) is 8.45. The van der Waals surface area contributed by atoms with E-state index >= 15 is 0 Å². The van der Waals surface area contributed by atoms with E-state index in [1.807, 2.05) is 0 Å². The van der Waals surface area contributed by atoms with Crippen molar-refractivity contribution in [2.24, 2.45) is 0 Å². The summed E-state index contributed by atoms with van der Waals surface area (Å²) >= 11 is 0. The molecule has 0 radical (unpaired) electrons. The Labute approximate surface area is 92.0 Å². The number of aromatic hydroxyl groups is 1. The first-order valence-electron chi connectivity index (χ1n) is 4.87. The molecule has 0 aliphatic rings. The second-order valence-corrected chi connectivity index (χ2v) is 3.58. The van der Waals surface area contributed by atoms with Gasteiger partial charge in [-0.25, -0.2) is 8.78 Å². The predicted molar refractivity (Wildman–Crippen MR) is 57.3 cm³/mol. The molecule has 0 unspecified atom stereocenters. The van der Waals surface area contributed by atoms with E-state index in [0.29, 0.717) is 12.0 Å². The van der Waals surface area contributed by atoms with Gasteiger partial charge in [-0.2, -0.15) is 0 Å². The molecule has 0 heterocycles. The average Bonchev–Trinajstić information content (AvgIpc) is 2.27. The van der Waals surface area contributed by atoms with Crippen LogP contribution in [0.5, 0.6) is 5.75 Å². The number of phenolic OH excluding ortho intramolecular Hbond substituents is 1. The lowest BCUT2D eigenvalue weighted by atomic mass is 10.0. The van der Waals surface area contributed by atoms with E-state index in [1.54, 1.807) is 12.1 Å². The Hall–Kier alpha value is -1.90. The molecule has 1 N–H and O–H groups in total. The van der Waals surface area contributed by atoms with Crippen molar-refractivity contribution in [2.45, 2.75) is 6.42 Å². The zero-order valence-electron chi connectivity index (χ0n) is 8.45. The van der Waals surface area contributed by atoms with Crippen LogP contribution in [0.2, 0.25) is 0 Å². The number of rotatable bonds is 2. The molecule has 0 aliphatic carbocycles. The Kier molecular flexibility index (Phi) is 2.86. The van der Waals surface area contributed by atoms with E-state index < -0.39 is 5.82 Å². The number of benzene rings is 2. The third-order valence-corrected chi connectivity index (χ3v) is 2.35. The minimum absolute atomic E-state index is 0.0470. The fourth-order valence-electron chi connectivity index (χ4n) is 1.52. The number of hydrogen-bond acceptors (Lipinski definition) is 1. The number of hydrogen-bond donors (Lipinski definition) is 1. The van der Waals surface area contributed by atoms with Gasteiger partial charge in [0.1, 0.15) is 17.4 Å². The standard InChI is InChI=1S/C13H10F2O/c14-11-3-1-9(2-4-11)7-10-8-12(15)5-6-13(10)16/h1-6,8,16H,7H2. The summed E-state index contributed by atoms with van der Waals surface area (Å²) in [5, 5.41) is 9.51. The molecule has 0 amide bonds. The molecule has 0 saturated heterocycles. The van der Waals surface area contributed by atoms with Gasteiger partial charge in [-0.05, 0) is 35.9 Å². The van der Waals surface area contributed by atoms with Crippen molar-refractivity contribution < 1.29 is 13.9 Å². The first-order chi connectivity index (χ1) is 7.65. The summed E-state index contributed by atoms with van der Waals surface area (Å²) in [5.74, 6) is -0.659. The SMILES string of the molecule is Oc1ccc(F)cc1Cc1ccc(F)cc1. The summed E-state index contributed by atoms with van der Waals surface area (Å²) in [5.41, 5.74) is 1.31. The minimum atomic E-state index is -0.394. The lowest BCUT2D eigenvalue weighted by Gasteiger charge is -2.04. The second-order valence-electron chi connectivity index (χ2n) is 3.58. The van der Waals surface area contributed by atoms with Crippen LogP contribution in [0.15, 0.2) is 42.5 Å². The summed E-state index contributed by atoms with van der Waals surface area (Å²) in [4.78, 5) is 0. The first kappa shape index (κ1) is 10.6. The highest BCUT2D eigenvalue weighted by Crippen LogP contribution is 2.21. The monoisotopic (exact) mass is 220 g/mol. The highest BCUT2D eigenvalue weighted by molar-refractivity contribution is 5.36. The van der Waals surface area contributed by atoms with Crippen LogP contribution in [0.3, 0.4) is 0 Å². The lowest BCUT2D eigenvalue weighted by molar-refractivity contribution is 0.467. The largest absolute Gasteiger partial charge is 0.508 e. The van der Waals surface area contributed by atoms with E-state index in [9.17, 15) is 13.9 Å². The van der Waals surface area contributed by atoms with Crippen LogP contribution in [0.4, 0.5) is 8.78 Å². The molecule has 0 saturated carbocycles. The highest BCUT2D eigenvalue weighted by Gasteiger charge is 2.04. The van der Waals surface area contributed by atoms with Crippen molar-refractivity contribution in [3.8, 4) is 5.75 Å². The molecule has 2 aromatic carbocycles. The fourth-order valence-corrected chi connectivity index (χ4v) is 1.52. The third kappa shape index (κ3) is 2.37. The molecule has 3 heteroatoms. The van der Waals surface area contributed by atoms with Crippen molar-refractivity contribution in [3.63, 3.8) is 0 Å². The molecular formula is C13H10F2O. The van der Waals surface area contributed by atoms with Crippen LogP contribution >= 0.6 is 0 Å². The molecule has 2 rings (SSSR count). The van der Waals surface area contributed by atoms with E-state index in [0.717, 1.165) is 5.56 Å². The summed E-state index contributed by atoms with van der Waals surface area (Å²) in [7, 11) is 0. The maximum absolute atomic E-state index is 12.9. The summed E-state index contributed by atoms with van der Waals surface area (Å²) in [6, 6.07) is 9.69. The smallest absolute Gasteiger partial charge is 0.123 e. The van der Waals surface area contributed by atoms with Gasteiger partial charge in [0, 0.05) is 12.0 Å². The molecule has 1 nitrogen and oxygen atoms in total. The molecule has 0 aliphatic heterocycles. The Balaban J connectivity index is 2.26. The topological polar surface area (TPSA) is 20.2 Å². The fraction of sp³-hybridized carbons (Fsp3) is 0.0769. The molecule has 82 valence electrons. The van der Waals surface area contributed by atoms with Crippen molar-refractivity contribution in [2.75, 3.05) is 0 Å². The van der Waals surface area contributed by atoms with Gasteiger partial charge >= 0.3 is 0 Å². The highest BCUT2D eigenvalue weighted by atomic mass is 19.1. The Morgan fingerprint density at radius 3 is 2.19 bits per heavy atom. The van der Waals surface area contributed by atoms with Crippen molar-refractivity contribution in [3.05, 3.63) is 65.2 Å². The molecular weight excluding hydrogens is 210 g/mol. The van der Waals surface area contributed by atoms with Gasteiger partial charge in [-0.15, -0.1) is 0 Å². The van der Waals surface area contributed by atoms with Crippen LogP contribution in [0.1, 0.15) is 11.1 Å². The lowest BCUT2D eigenvalue weighted by Crippen LogP contribution is -1.90. The van der Waals surface area contributed by atoms with Gasteiger partial charge in [-0.3, -0.25) is 0 Å². The zero-order chi connectivity index (χ0) is 11.5. The quantitative estimate of drug-likeness (QED) is 0.823. The van der Waals surface area contributed by atoms with E-state index in [1.165, 1.54) is 30.3 Å². The van der Waals surface area contributed by atoms with Gasteiger partial charge in [0.15, 0.2) is 0 Å². The summed E-state index contributed by atoms with van der Waals surface area (Å²) in [6.45, 7) is 0. The summed E-state index contributed by atoms with van der Waals surface area (Å²) < 4.78 is 25.6. The van der Waals surface area contributed by atoms with Crippen LogP contribution in [-0.2, 0) is 6.42 Å². The molecule has 16 heavy (non-hydrogen) atoms. The van der Waals surface area contributed by atoms with Crippen LogP contribution in [0.25, 0.3) is 0 Å². The molecule has 0 bridgehead atoms. The van der Waals surface area contributed by atoms with Crippen molar-refractivity contribution >= 4 is 0 Å². The average molecular weight is 220 g/mol. The molecule has 2 aromatic rings. The van der Waals surface area contributed by atoms with Crippen LogP contribution < -0.4 is 0 Å². The van der Waals surface area contributed by atoms with E-state index in [4.69, 9.17) is 0 Å². The molecule has 0 fully saturated rings. The van der Waals surface area contributed by atoms with Gasteiger partial charge in [0.25, 0.3) is 0 Å². The molecule has 0 spiro atoms. The van der Waals surface area contributed by atoms with Gasteiger partial charge in [0.05, 0.1) is 0 Å². The second kappa shape index (κ2) is 4.31. The van der Waals surface area contributed by atoms with Crippen LogP contribution in [0, 0.1) is 11.6 Å². The van der Waals surface area contributed by atoms with Gasteiger partial charge in [0.2, 0.25) is 0 Å². The molecule has 0 aromatic heterocycles. The van der Waals surface area contributed by atoms with Crippen LogP contribution in [-0.4, -0.2) is 5.11 Å². The number of halogens is 2. The maximum atomic E-state index is 12.9. The van der Waals surface area contributed by atoms with Gasteiger partial charge in [-0.1, -0.05) is 12.1 Å². The molecule has 0 atom stereocenters. The Bertz CT molecular complexity index is 492. The van der Waals surface area contributed by atoms with E-state index in [-0.39, 0.29) is 11.6 Å². The van der Waals surface area contributed by atoms with Crippen molar-refractivity contribution in [1.82, 2.24) is 0 Å². The van der Waals surface area contributed by atoms with Crippen molar-refractivity contribution in [1.29, 1.82) is 0 Å². The Morgan fingerprint density at radius 2 is 1.50 bits per heavy atom. The van der Waals surface area contributed by atoms with E-state index in [2.05, 4.69) is 0 Å². The first-order valence-corrected chi connectivity index (χ1v) is 4.87. The predicted octanol–water partition coefficient (Wildman–Crippen LogP) is 3.26. The summed E-state index contributed by atoms with van der Waals surface area (Å²) in [6.07, 6.45) is 0.379. The van der Waals surface area contributed by atoms with Gasteiger partial charge < -0.3 is 5.11 Å². The normalized spacial score (nSPS) is 10.4. The Morgan fingerprint density at radius 1 is 0.875 bits per heavy atom. The minimum Gasteiger partial charge on any atom is -0.508 e.